The van der Waals surface area contributed by atoms with Gasteiger partial charge in [-0.05, 0) is 20.3 Å². The van der Waals surface area contributed by atoms with Crippen molar-refractivity contribution in [2.75, 3.05) is 6.61 Å². The quantitative estimate of drug-likeness (QED) is 0.709. The summed E-state index contributed by atoms with van der Waals surface area (Å²) in [4.78, 5) is 19.9. The van der Waals surface area contributed by atoms with E-state index in [9.17, 15) is 4.79 Å². The summed E-state index contributed by atoms with van der Waals surface area (Å²) >= 11 is 0. The summed E-state index contributed by atoms with van der Waals surface area (Å²) in [6.45, 7) is 5.95. The molecular weight excluding hydrogens is 192 g/mol. The molecule has 1 aromatic rings. The number of ether oxygens (including phenoxy) is 1. The minimum Gasteiger partial charge on any atom is -0.461 e. The number of aromatic nitrogens is 2. The first-order valence-electron chi connectivity index (χ1n) is 5.18. The maximum Gasteiger partial charge on any atom is 0.358 e. The molecule has 4 heteroatoms. The van der Waals surface area contributed by atoms with Crippen molar-refractivity contribution in [1.29, 1.82) is 0 Å². The van der Waals surface area contributed by atoms with E-state index in [0.29, 0.717) is 18.0 Å². The molecule has 1 aromatic heterocycles. The molecule has 0 saturated carbocycles. The zero-order chi connectivity index (χ0) is 11.3. The first-order valence-corrected chi connectivity index (χ1v) is 5.18. The topological polar surface area (TPSA) is 52.1 Å². The van der Waals surface area contributed by atoms with Crippen LogP contribution in [0.25, 0.3) is 0 Å². The van der Waals surface area contributed by atoms with Crippen molar-refractivity contribution in [3.05, 3.63) is 23.3 Å². The highest BCUT2D eigenvalue weighted by Crippen LogP contribution is 2.06. The lowest BCUT2D eigenvalue weighted by Crippen LogP contribution is -2.12. The van der Waals surface area contributed by atoms with Gasteiger partial charge in [0.1, 0.15) is 0 Å². The Hall–Kier alpha value is -1.45. The number of aryl methyl sites for hydroxylation is 2. The van der Waals surface area contributed by atoms with Crippen LogP contribution in [-0.4, -0.2) is 22.5 Å². The highest BCUT2D eigenvalue weighted by Gasteiger charge is 2.13. The second kappa shape index (κ2) is 5.44. The molecule has 0 unspecified atom stereocenters. The fraction of sp³-hybridized carbons (Fsp3) is 0.545. The first kappa shape index (κ1) is 11.6. The number of carbonyl (C=O) groups excluding carboxylic acids is 1. The van der Waals surface area contributed by atoms with Crippen LogP contribution in [0.5, 0.6) is 0 Å². The van der Waals surface area contributed by atoms with Crippen LogP contribution in [0.2, 0.25) is 0 Å². The molecule has 0 bridgehead atoms. The van der Waals surface area contributed by atoms with Gasteiger partial charge in [0.05, 0.1) is 18.0 Å². The van der Waals surface area contributed by atoms with Gasteiger partial charge < -0.3 is 4.74 Å². The molecule has 0 aliphatic heterocycles. The second-order valence-corrected chi connectivity index (χ2v) is 3.27. The molecule has 0 aliphatic rings. The molecule has 0 N–H and O–H groups in total. The Morgan fingerprint density at radius 1 is 1.47 bits per heavy atom. The molecule has 0 aliphatic carbocycles. The number of hydrogen-bond acceptors (Lipinski definition) is 4. The molecule has 82 valence electrons. The number of nitrogens with zero attached hydrogens (tertiary/aromatic N) is 2. The predicted octanol–water partition coefficient (Wildman–Crippen LogP) is 1.91. The maximum atomic E-state index is 11.5. The Kier molecular flexibility index (Phi) is 4.21. The normalized spacial score (nSPS) is 10.1. The van der Waals surface area contributed by atoms with Crippen LogP contribution in [-0.2, 0) is 11.2 Å². The van der Waals surface area contributed by atoms with E-state index in [4.69, 9.17) is 4.74 Å². The molecule has 0 aromatic carbocycles. The minimum absolute atomic E-state index is 0.336. The summed E-state index contributed by atoms with van der Waals surface area (Å²) in [5.74, 6) is -0.388. The average Bonchev–Trinajstić information content (AvgIpc) is 2.21. The average molecular weight is 208 g/mol. The van der Waals surface area contributed by atoms with Crippen molar-refractivity contribution in [2.45, 2.75) is 33.6 Å². The summed E-state index contributed by atoms with van der Waals surface area (Å²) in [5.41, 5.74) is 1.79. The monoisotopic (exact) mass is 208 g/mol. The molecule has 1 heterocycles. The first-order chi connectivity index (χ1) is 7.19. The summed E-state index contributed by atoms with van der Waals surface area (Å²) in [5, 5.41) is 0. The highest BCUT2D eigenvalue weighted by molar-refractivity contribution is 5.88. The van der Waals surface area contributed by atoms with Gasteiger partial charge in [-0.2, -0.15) is 0 Å². The van der Waals surface area contributed by atoms with E-state index in [1.165, 1.54) is 0 Å². The zero-order valence-corrected chi connectivity index (χ0v) is 9.41. The lowest BCUT2D eigenvalue weighted by molar-refractivity contribution is 0.0517. The third-order valence-corrected chi connectivity index (χ3v) is 1.98. The minimum atomic E-state index is -0.388. The van der Waals surface area contributed by atoms with Crippen molar-refractivity contribution in [3.8, 4) is 0 Å². The van der Waals surface area contributed by atoms with Crippen LogP contribution in [0.15, 0.2) is 6.20 Å². The van der Waals surface area contributed by atoms with E-state index in [1.54, 1.807) is 20.0 Å². The Morgan fingerprint density at radius 3 is 2.80 bits per heavy atom. The molecule has 0 saturated heterocycles. The van der Waals surface area contributed by atoms with Gasteiger partial charge in [0.2, 0.25) is 0 Å². The Morgan fingerprint density at radius 2 is 2.20 bits per heavy atom. The Labute approximate surface area is 89.7 Å². The van der Waals surface area contributed by atoms with Gasteiger partial charge in [-0.3, -0.25) is 4.98 Å². The standard InChI is InChI=1S/C11H16N2O2/c1-4-6-9-7-12-8(3)10(13-9)11(14)15-5-2/h7H,4-6H2,1-3H3. The number of rotatable bonds is 4. The van der Waals surface area contributed by atoms with Crippen LogP contribution in [0.3, 0.4) is 0 Å². The predicted molar refractivity (Wildman–Crippen MR) is 56.7 cm³/mol. The molecule has 4 nitrogen and oxygen atoms in total. The molecule has 0 spiro atoms. The summed E-state index contributed by atoms with van der Waals surface area (Å²) in [6, 6.07) is 0. The van der Waals surface area contributed by atoms with Gasteiger partial charge in [-0.25, -0.2) is 9.78 Å². The van der Waals surface area contributed by atoms with Gasteiger partial charge in [-0.15, -0.1) is 0 Å². The molecule has 0 radical (unpaired) electrons. The number of hydrogen-bond donors (Lipinski definition) is 0. The highest BCUT2D eigenvalue weighted by atomic mass is 16.5. The van der Waals surface area contributed by atoms with Crippen LogP contribution in [0, 0.1) is 6.92 Å². The maximum absolute atomic E-state index is 11.5. The van der Waals surface area contributed by atoms with Gasteiger partial charge in [-0.1, -0.05) is 13.3 Å². The van der Waals surface area contributed by atoms with Crippen LogP contribution >= 0.6 is 0 Å². The molecule has 0 fully saturated rings. The van der Waals surface area contributed by atoms with Crippen molar-refractivity contribution in [1.82, 2.24) is 9.97 Å². The number of esters is 1. The van der Waals surface area contributed by atoms with Crippen LogP contribution in [0.1, 0.15) is 42.1 Å². The summed E-state index contributed by atoms with van der Waals surface area (Å²) in [7, 11) is 0. The van der Waals surface area contributed by atoms with Gasteiger partial charge in [0, 0.05) is 6.20 Å². The van der Waals surface area contributed by atoms with E-state index < -0.39 is 0 Å². The van der Waals surface area contributed by atoms with Crippen LogP contribution < -0.4 is 0 Å². The fourth-order valence-electron chi connectivity index (χ4n) is 1.26. The molecule has 1 rings (SSSR count). The fourth-order valence-corrected chi connectivity index (χ4v) is 1.26. The third kappa shape index (κ3) is 3.01. The van der Waals surface area contributed by atoms with Crippen molar-refractivity contribution in [2.24, 2.45) is 0 Å². The zero-order valence-electron chi connectivity index (χ0n) is 9.41. The lowest BCUT2D eigenvalue weighted by Gasteiger charge is -2.05. The second-order valence-electron chi connectivity index (χ2n) is 3.27. The third-order valence-electron chi connectivity index (χ3n) is 1.98. The lowest BCUT2D eigenvalue weighted by atomic mass is 10.2. The Bertz CT molecular complexity index is 350. The van der Waals surface area contributed by atoms with Gasteiger partial charge >= 0.3 is 5.97 Å². The van der Waals surface area contributed by atoms with E-state index >= 15 is 0 Å². The molecule has 0 amide bonds. The largest absolute Gasteiger partial charge is 0.461 e. The summed E-state index contributed by atoms with van der Waals surface area (Å²) in [6.07, 6.45) is 3.53. The SMILES string of the molecule is CCCc1cnc(C)c(C(=O)OCC)n1. The molecular formula is C11H16N2O2. The van der Waals surface area contributed by atoms with E-state index in [0.717, 1.165) is 18.5 Å². The van der Waals surface area contributed by atoms with E-state index in [-0.39, 0.29) is 5.97 Å². The van der Waals surface area contributed by atoms with Crippen molar-refractivity contribution < 1.29 is 9.53 Å². The van der Waals surface area contributed by atoms with Gasteiger partial charge in [0.15, 0.2) is 5.69 Å². The summed E-state index contributed by atoms with van der Waals surface area (Å²) < 4.78 is 4.90. The Balaban J connectivity index is 2.94. The van der Waals surface area contributed by atoms with Gasteiger partial charge in [0.25, 0.3) is 0 Å². The van der Waals surface area contributed by atoms with Crippen molar-refractivity contribution in [3.63, 3.8) is 0 Å². The van der Waals surface area contributed by atoms with E-state index in [1.807, 2.05) is 0 Å². The smallest absolute Gasteiger partial charge is 0.358 e. The molecule has 15 heavy (non-hydrogen) atoms. The van der Waals surface area contributed by atoms with E-state index in [2.05, 4.69) is 16.9 Å². The molecule has 0 atom stereocenters. The van der Waals surface area contributed by atoms with Crippen LogP contribution in [0.4, 0.5) is 0 Å². The number of carbonyl (C=O) groups is 1. The van der Waals surface area contributed by atoms with Crippen molar-refractivity contribution >= 4 is 5.97 Å².